The number of benzene rings is 2. The van der Waals surface area contributed by atoms with Gasteiger partial charge in [0.1, 0.15) is 5.88 Å². The molecule has 108 valence electrons. The van der Waals surface area contributed by atoms with Crippen LogP contribution in [0.3, 0.4) is 0 Å². The van der Waals surface area contributed by atoms with E-state index >= 15 is 0 Å². The molecule has 0 radical (unpaired) electrons. The van der Waals surface area contributed by atoms with E-state index in [2.05, 4.69) is 10.9 Å². The molecule has 0 saturated heterocycles. The molecule has 0 aliphatic rings. The summed E-state index contributed by atoms with van der Waals surface area (Å²) in [4.78, 5) is 24.9. The Morgan fingerprint density at radius 1 is 0.857 bits per heavy atom. The molecule has 5 nitrogen and oxygen atoms in total. The molecule has 0 saturated carbocycles. The SMILES string of the molecule is O=C(CCl)NNC(=O)N(c1ccccc1)c1ccccc1. The fourth-order valence-corrected chi connectivity index (χ4v) is 1.82. The molecule has 21 heavy (non-hydrogen) atoms. The highest BCUT2D eigenvalue weighted by molar-refractivity contribution is 6.27. The fourth-order valence-electron chi connectivity index (χ4n) is 1.75. The Morgan fingerprint density at radius 2 is 1.33 bits per heavy atom. The van der Waals surface area contributed by atoms with Crippen LogP contribution in [-0.2, 0) is 4.79 Å². The Morgan fingerprint density at radius 3 is 1.76 bits per heavy atom. The number of nitrogens with zero attached hydrogens (tertiary/aromatic N) is 1. The zero-order valence-electron chi connectivity index (χ0n) is 11.1. The van der Waals surface area contributed by atoms with Gasteiger partial charge in [0, 0.05) is 0 Å². The zero-order valence-corrected chi connectivity index (χ0v) is 11.9. The maximum atomic E-state index is 12.3. The molecular weight excluding hydrogens is 290 g/mol. The Balaban J connectivity index is 2.25. The van der Waals surface area contributed by atoms with Crippen LogP contribution in [0.1, 0.15) is 0 Å². The smallest absolute Gasteiger partial charge is 0.272 e. The second-order valence-corrected chi connectivity index (χ2v) is 4.39. The van der Waals surface area contributed by atoms with E-state index in [9.17, 15) is 9.59 Å². The van der Waals surface area contributed by atoms with E-state index in [-0.39, 0.29) is 5.88 Å². The number of para-hydroxylation sites is 2. The number of alkyl halides is 1. The average Bonchev–Trinajstić information content (AvgIpc) is 2.55. The lowest BCUT2D eigenvalue weighted by atomic mass is 10.2. The summed E-state index contributed by atoms with van der Waals surface area (Å²) in [6, 6.07) is 17.8. The van der Waals surface area contributed by atoms with Gasteiger partial charge >= 0.3 is 6.03 Å². The molecule has 0 spiro atoms. The summed E-state index contributed by atoms with van der Waals surface area (Å²) in [6.07, 6.45) is 0. The molecule has 3 amide bonds. The molecule has 0 heterocycles. The molecule has 0 fully saturated rings. The van der Waals surface area contributed by atoms with Crippen molar-refractivity contribution < 1.29 is 9.59 Å². The fraction of sp³-hybridized carbons (Fsp3) is 0.0667. The van der Waals surface area contributed by atoms with Gasteiger partial charge in [-0.15, -0.1) is 11.6 Å². The summed E-state index contributed by atoms with van der Waals surface area (Å²) in [5, 5.41) is 0. The number of carbonyl (C=O) groups is 2. The molecule has 2 rings (SSSR count). The maximum absolute atomic E-state index is 12.3. The third kappa shape index (κ3) is 3.97. The van der Waals surface area contributed by atoms with E-state index in [1.807, 2.05) is 36.4 Å². The van der Waals surface area contributed by atoms with Crippen molar-refractivity contribution in [2.75, 3.05) is 10.8 Å². The third-order valence-corrected chi connectivity index (χ3v) is 2.90. The van der Waals surface area contributed by atoms with Crippen LogP contribution in [0, 0.1) is 0 Å². The van der Waals surface area contributed by atoms with E-state index in [1.54, 1.807) is 24.3 Å². The van der Waals surface area contributed by atoms with E-state index in [1.165, 1.54) is 4.90 Å². The lowest BCUT2D eigenvalue weighted by molar-refractivity contribution is -0.119. The summed E-state index contributed by atoms with van der Waals surface area (Å²) in [7, 11) is 0. The van der Waals surface area contributed by atoms with Crippen LogP contribution < -0.4 is 15.8 Å². The van der Waals surface area contributed by atoms with Gasteiger partial charge in [0.25, 0.3) is 5.91 Å². The van der Waals surface area contributed by atoms with Crippen LogP contribution in [0.15, 0.2) is 60.7 Å². The lowest BCUT2D eigenvalue weighted by Gasteiger charge is -2.23. The lowest BCUT2D eigenvalue weighted by Crippen LogP contribution is -2.47. The van der Waals surface area contributed by atoms with Gasteiger partial charge in [0.2, 0.25) is 0 Å². The zero-order chi connectivity index (χ0) is 15.1. The number of hydrogen-bond acceptors (Lipinski definition) is 2. The van der Waals surface area contributed by atoms with E-state index < -0.39 is 11.9 Å². The van der Waals surface area contributed by atoms with Crippen LogP contribution in [-0.4, -0.2) is 17.8 Å². The highest BCUT2D eigenvalue weighted by atomic mass is 35.5. The molecule has 0 aromatic heterocycles. The first-order chi connectivity index (χ1) is 10.2. The number of hydrogen-bond donors (Lipinski definition) is 2. The standard InChI is InChI=1S/C15H14ClN3O2/c16-11-14(20)17-18-15(21)19(12-7-3-1-4-8-12)13-9-5-2-6-10-13/h1-10H,11H2,(H,17,20)(H,18,21). The minimum Gasteiger partial charge on any atom is -0.272 e. The summed E-state index contributed by atoms with van der Waals surface area (Å²) < 4.78 is 0. The number of amides is 3. The summed E-state index contributed by atoms with van der Waals surface area (Å²) >= 11 is 5.37. The molecule has 0 aliphatic heterocycles. The first-order valence-corrected chi connectivity index (χ1v) is 6.81. The second-order valence-electron chi connectivity index (χ2n) is 4.12. The van der Waals surface area contributed by atoms with E-state index in [4.69, 9.17) is 11.6 Å². The maximum Gasteiger partial charge on any atom is 0.345 e. The molecular formula is C15H14ClN3O2. The quantitative estimate of drug-likeness (QED) is 0.676. The van der Waals surface area contributed by atoms with Gasteiger partial charge in [0.15, 0.2) is 0 Å². The topological polar surface area (TPSA) is 61.4 Å². The Hall–Kier alpha value is -2.53. The largest absolute Gasteiger partial charge is 0.345 e. The predicted molar refractivity (Wildman–Crippen MR) is 82.4 cm³/mol. The summed E-state index contributed by atoms with van der Waals surface area (Å²) in [5.41, 5.74) is 5.94. The van der Waals surface area contributed by atoms with Crippen LogP contribution in [0.25, 0.3) is 0 Å². The van der Waals surface area contributed by atoms with Gasteiger partial charge in [-0.2, -0.15) is 0 Å². The Kier molecular flexibility index (Phi) is 5.17. The van der Waals surface area contributed by atoms with Crippen molar-refractivity contribution in [1.29, 1.82) is 0 Å². The molecule has 2 N–H and O–H groups in total. The minimum absolute atomic E-state index is 0.225. The summed E-state index contributed by atoms with van der Waals surface area (Å²) in [5.74, 6) is -0.706. The molecule has 2 aromatic rings. The molecule has 2 aromatic carbocycles. The number of hydrazine groups is 1. The predicted octanol–water partition coefficient (Wildman–Crippen LogP) is 2.80. The number of rotatable bonds is 3. The first kappa shape index (κ1) is 14.9. The molecule has 0 atom stereocenters. The normalized spacial score (nSPS) is 9.76. The van der Waals surface area contributed by atoms with Gasteiger partial charge in [-0.25, -0.2) is 10.2 Å². The number of urea groups is 1. The highest BCUT2D eigenvalue weighted by Crippen LogP contribution is 2.24. The Bertz CT molecular complexity index is 565. The summed E-state index contributed by atoms with van der Waals surface area (Å²) in [6.45, 7) is 0. The van der Waals surface area contributed by atoms with Gasteiger partial charge in [-0.1, -0.05) is 36.4 Å². The van der Waals surface area contributed by atoms with Crippen molar-refractivity contribution >= 4 is 34.9 Å². The molecule has 0 unspecified atom stereocenters. The monoisotopic (exact) mass is 303 g/mol. The van der Waals surface area contributed by atoms with Crippen LogP contribution in [0.4, 0.5) is 16.2 Å². The number of anilines is 2. The minimum atomic E-state index is -0.481. The van der Waals surface area contributed by atoms with E-state index in [0.717, 1.165) is 0 Å². The Labute approximate surface area is 127 Å². The first-order valence-electron chi connectivity index (χ1n) is 6.27. The highest BCUT2D eigenvalue weighted by Gasteiger charge is 2.17. The van der Waals surface area contributed by atoms with Gasteiger partial charge in [-0.05, 0) is 24.3 Å². The van der Waals surface area contributed by atoms with Crippen molar-refractivity contribution in [3.8, 4) is 0 Å². The number of carbonyl (C=O) groups excluding carboxylic acids is 2. The van der Waals surface area contributed by atoms with Gasteiger partial charge < -0.3 is 0 Å². The van der Waals surface area contributed by atoms with Crippen molar-refractivity contribution in [1.82, 2.24) is 10.9 Å². The van der Waals surface area contributed by atoms with Crippen molar-refractivity contribution in [2.45, 2.75) is 0 Å². The van der Waals surface area contributed by atoms with Gasteiger partial charge in [0.05, 0.1) is 11.4 Å². The van der Waals surface area contributed by atoms with Gasteiger partial charge in [-0.3, -0.25) is 15.1 Å². The second kappa shape index (κ2) is 7.31. The number of nitrogens with one attached hydrogen (secondary N) is 2. The molecule has 0 bridgehead atoms. The molecule has 0 aliphatic carbocycles. The van der Waals surface area contributed by atoms with Crippen molar-refractivity contribution in [2.24, 2.45) is 0 Å². The van der Waals surface area contributed by atoms with Crippen molar-refractivity contribution in [3.05, 3.63) is 60.7 Å². The average molecular weight is 304 g/mol. The number of halogens is 1. The third-order valence-electron chi connectivity index (χ3n) is 2.66. The van der Waals surface area contributed by atoms with Crippen LogP contribution >= 0.6 is 11.6 Å². The van der Waals surface area contributed by atoms with Crippen LogP contribution in [0.5, 0.6) is 0 Å². The molecule has 6 heteroatoms. The van der Waals surface area contributed by atoms with Crippen molar-refractivity contribution in [3.63, 3.8) is 0 Å². The van der Waals surface area contributed by atoms with E-state index in [0.29, 0.717) is 11.4 Å². The van der Waals surface area contributed by atoms with Crippen LogP contribution in [0.2, 0.25) is 0 Å².